The van der Waals surface area contributed by atoms with Gasteiger partial charge in [0.25, 0.3) is 0 Å². The molecule has 1 aromatic heterocycles. The topological polar surface area (TPSA) is 67.0 Å². The van der Waals surface area contributed by atoms with Gasteiger partial charge in [-0.15, -0.1) is 0 Å². The predicted molar refractivity (Wildman–Crippen MR) is 85.2 cm³/mol. The Morgan fingerprint density at radius 3 is 2.45 bits per heavy atom. The van der Waals surface area contributed by atoms with Gasteiger partial charge in [0.15, 0.2) is 15.6 Å². The van der Waals surface area contributed by atoms with E-state index in [2.05, 4.69) is 4.98 Å². The molecule has 22 heavy (non-hydrogen) atoms. The van der Waals surface area contributed by atoms with Crippen LogP contribution < -0.4 is 0 Å². The van der Waals surface area contributed by atoms with Crippen LogP contribution in [0.1, 0.15) is 45.1 Å². The summed E-state index contributed by atoms with van der Waals surface area (Å²) in [4.78, 5) is 15.5. The molecule has 1 aromatic carbocycles. The summed E-state index contributed by atoms with van der Waals surface area (Å²) in [7, 11) is -3.35. The van der Waals surface area contributed by atoms with Gasteiger partial charge in [0, 0.05) is 23.9 Å². The number of aryl methyl sites for hydroxylation is 1. The Balaban J connectivity index is 2.08. The number of aromatic nitrogens is 1. The van der Waals surface area contributed by atoms with Crippen LogP contribution in [0.4, 0.5) is 0 Å². The summed E-state index contributed by atoms with van der Waals surface area (Å²) in [6.07, 6.45) is 2.27. The Labute approximate surface area is 130 Å². The predicted octanol–water partition coefficient (Wildman–Crippen LogP) is 2.95. The zero-order valence-electron chi connectivity index (χ0n) is 12.9. The van der Waals surface area contributed by atoms with Crippen LogP contribution in [0, 0.1) is 13.8 Å². The van der Waals surface area contributed by atoms with Crippen molar-refractivity contribution in [1.82, 2.24) is 4.98 Å². The third-order valence-corrected chi connectivity index (χ3v) is 5.59. The molecule has 0 saturated heterocycles. The molecule has 1 aliphatic rings. The number of Topliss-reactive ketones (excluding diaryl/α,β-unsaturated/α-hetero) is 1. The first-order valence-corrected chi connectivity index (χ1v) is 9.18. The van der Waals surface area contributed by atoms with Crippen molar-refractivity contribution in [3.8, 4) is 0 Å². The molecule has 0 bridgehead atoms. The van der Waals surface area contributed by atoms with Crippen molar-refractivity contribution in [1.29, 1.82) is 0 Å². The highest BCUT2D eigenvalue weighted by Crippen LogP contribution is 2.36. The molecule has 0 fully saturated rings. The number of hydrogen-bond acceptors (Lipinski definition) is 3. The number of ketones is 1. The minimum atomic E-state index is -3.35. The normalized spacial score (nSPS) is 18.3. The smallest absolute Gasteiger partial charge is 0.191 e. The lowest BCUT2D eigenvalue weighted by molar-refractivity contribution is 0.0963. The van der Waals surface area contributed by atoms with Crippen molar-refractivity contribution in [2.24, 2.45) is 0 Å². The lowest BCUT2D eigenvalue weighted by Gasteiger charge is -2.23. The average Bonchev–Trinajstić information content (AvgIpc) is 2.77. The van der Waals surface area contributed by atoms with Gasteiger partial charge in [0.2, 0.25) is 0 Å². The SMILES string of the molecule is Cc1ccccc1C1CC(=O)c2c([nH]c(S(C)(=O)=O)c2C)C1. The maximum absolute atomic E-state index is 12.5. The van der Waals surface area contributed by atoms with E-state index in [1.807, 2.05) is 31.2 Å². The largest absolute Gasteiger partial charge is 0.349 e. The molecule has 116 valence electrons. The summed E-state index contributed by atoms with van der Waals surface area (Å²) >= 11 is 0. The van der Waals surface area contributed by atoms with Gasteiger partial charge >= 0.3 is 0 Å². The lowest BCUT2D eigenvalue weighted by Crippen LogP contribution is -2.19. The molecule has 1 N–H and O–H groups in total. The number of sulfone groups is 1. The first-order valence-electron chi connectivity index (χ1n) is 7.29. The molecule has 1 atom stereocenters. The number of nitrogens with one attached hydrogen (secondary N) is 1. The Hall–Kier alpha value is -1.88. The van der Waals surface area contributed by atoms with Crippen molar-refractivity contribution in [2.75, 3.05) is 6.26 Å². The molecule has 0 saturated carbocycles. The summed E-state index contributed by atoms with van der Waals surface area (Å²) in [5.41, 5.74) is 4.21. The van der Waals surface area contributed by atoms with Gasteiger partial charge in [-0.25, -0.2) is 8.42 Å². The van der Waals surface area contributed by atoms with Gasteiger partial charge < -0.3 is 4.98 Å². The highest BCUT2D eigenvalue weighted by Gasteiger charge is 2.32. The van der Waals surface area contributed by atoms with Gasteiger partial charge in [0.05, 0.1) is 0 Å². The number of rotatable bonds is 2. The quantitative estimate of drug-likeness (QED) is 0.926. The number of fused-ring (bicyclic) bond motifs is 1. The van der Waals surface area contributed by atoms with Crippen LogP contribution in [0.25, 0.3) is 0 Å². The van der Waals surface area contributed by atoms with Gasteiger partial charge in [-0.1, -0.05) is 24.3 Å². The van der Waals surface area contributed by atoms with E-state index in [4.69, 9.17) is 0 Å². The molecular weight excluding hydrogens is 298 g/mol. The monoisotopic (exact) mass is 317 g/mol. The standard InChI is InChI=1S/C17H19NO3S/c1-10-6-4-5-7-13(10)12-8-14-16(15(19)9-12)11(2)17(18-14)22(3,20)21/h4-7,12,18H,8-9H2,1-3H3. The average molecular weight is 317 g/mol. The zero-order chi connectivity index (χ0) is 16.1. The van der Waals surface area contributed by atoms with Crippen molar-refractivity contribution in [3.63, 3.8) is 0 Å². The number of benzene rings is 1. The second-order valence-corrected chi connectivity index (χ2v) is 8.04. The van der Waals surface area contributed by atoms with Crippen LogP contribution in [0.2, 0.25) is 0 Å². The molecular formula is C17H19NO3S. The molecule has 1 heterocycles. The minimum absolute atomic E-state index is 0.0261. The fourth-order valence-corrected chi connectivity index (χ4v) is 4.41. The maximum Gasteiger partial charge on any atom is 0.191 e. The molecule has 4 nitrogen and oxygen atoms in total. The van der Waals surface area contributed by atoms with Crippen LogP contribution in [0.3, 0.4) is 0 Å². The fraction of sp³-hybridized carbons (Fsp3) is 0.353. The fourth-order valence-electron chi connectivity index (χ4n) is 3.44. The number of hydrogen-bond donors (Lipinski definition) is 1. The number of aromatic amines is 1. The zero-order valence-corrected chi connectivity index (χ0v) is 13.8. The van der Waals surface area contributed by atoms with E-state index < -0.39 is 9.84 Å². The van der Waals surface area contributed by atoms with E-state index in [0.717, 1.165) is 16.8 Å². The van der Waals surface area contributed by atoms with Crippen LogP contribution in [-0.2, 0) is 16.3 Å². The Bertz CT molecular complexity index is 862. The summed E-state index contributed by atoms with van der Waals surface area (Å²) < 4.78 is 23.7. The van der Waals surface area contributed by atoms with E-state index in [1.54, 1.807) is 6.92 Å². The van der Waals surface area contributed by atoms with Crippen LogP contribution in [-0.4, -0.2) is 25.4 Å². The molecule has 1 unspecified atom stereocenters. The molecule has 1 aliphatic carbocycles. The lowest BCUT2D eigenvalue weighted by atomic mass is 9.80. The van der Waals surface area contributed by atoms with Crippen molar-refractivity contribution < 1.29 is 13.2 Å². The number of H-pyrrole nitrogens is 1. The molecule has 0 aliphatic heterocycles. The van der Waals surface area contributed by atoms with Gasteiger partial charge in [-0.05, 0) is 42.9 Å². The van der Waals surface area contributed by atoms with Crippen molar-refractivity contribution in [2.45, 2.75) is 37.6 Å². The molecule has 0 spiro atoms. The van der Waals surface area contributed by atoms with Gasteiger partial charge in [-0.2, -0.15) is 0 Å². The van der Waals surface area contributed by atoms with Gasteiger partial charge in [-0.3, -0.25) is 4.79 Å². The summed E-state index contributed by atoms with van der Waals surface area (Å²) in [6.45, 7) is 3.74. The molecule has 0 amide bonds. The van der Waals surface area contributed by atoms with Crippen LogP contribution >= 0.6 is 0 Å². The van der Waals surface area contributed by atoms with Crippen LogP contribution in [0.5, 0.6) is 0 Å². The second kappa shape index (κ2) is 5.09. The minimum Gasteiger partial charge on any atom is -0.349 e. The highest BCUT2D eigenvalue weighted by molar-refractivity contribution is 7.90. The summed E-state index contributed by atoms with van der Waals surface area (Å²) in [6, 6.07) is 8.04. The molecule has 5 heteroatoms. The Morgan fingerprint density at radius 2 is 1.82 bits per heavy atom. The van der Waals surface area contributed by atoms with Crippen molar-refractivity contribution >= 4 is 15.6 Å². The van der Waals surface area contributed by atoms with E-state index in [1.165, 1.54) is 6.26 Å². The number of carbonyl (C=O) groups is 1. The third kappa shape index (κ3) is 2.39. The maximum atomic E-state index is 12.5. The van der Waals surface area contributed by atoms with E-state index >= 15 is 0 Å². The number of carbonyl (C=O) groups excluding carboxylic acids is 1. The van der Waals surface area contributed by atoms with E-state index in [0.29, 0.717) is 24.0 Å². The molecule has 0 radical (unpaired) electrons. The summed E-state index contributed by atoms with van der Waals surface area (Å²) in [5.74, 6) is 0.129. The van der Waals surface area contributed by atoms with E-state index in [-0.39, 0.29) is 16.7 Å². The second-order valence-electron chi connectivity index (χ2n) is 6.09. The molecule has 3 rings (SSSR count). The Kier molecular flexibility index (Phi) is 3.48. The van der Waals surface area contributed by atoms with Gasteiger partial charge in [0.1, 0.15) is 5.03 Å². The first-order chi connectivity index (χ1) is 10.3. The molecule has 2 aromatic rings. The summed E-state index contributed by atoms with van der Waals surface area (Å²) in [5, 5.41) is 0.177. The third-order valence-electron chi connectivity index (χ3n) is 4.44. The first kappa shape index (κ1) is 15.0. The van der Waals surface area contributed by atoms with E-state index in [9.17, 15) is 13.2 Å². The van der Waals surface area contributed by atoms with Crippen LogP contribution in [0.15, 0.2) is 29.3 Å². The highest BCUT2D eigenvalue weighted by atomic mass is 32.2. The Morgan fingerprint density at radius 1 is 1.14 bits per heavy atom. The van der Waals surface area contributed by atoms with Crippen molar-refractivity contribution in [3.05, 3.63) is 52.2 Å².